The van der Waals surface area contributed by atoms with Gasteiger partial charge in [0.2, 0.25) is 0 Å². The molecule has 1 heterocycles. The van der Waals surface area contributed by atoms with Gasteiger partial charge in [0.15, 0.2) is 0 Å². The first-order valence-electron chi connectivity index (χ1n) is 7.89. The molecule has 1 aliphatic rings. The third-order valence-electron chi connectivity index (χ3n) is 4.79. The topological polar surface area (TPSA) is 32.3 Å². The van der Waals surface area contributed by atoms with E-state index in [2.05, 4.69) is 5.32 Å². The van der Waals surface area contributed by atoms with Crippen LogP contribution in [-0.2, 0) is 6.42 Å². The average Bonchev–Trinajstić information content (AvgIpc) is 3.01. The van der Waals surface area contributed by atoms with Crippen LogP contribution in [0, 0.1) is 11.7 Å². The van der Waals surface area contributed by atoms with Crippen LogP contribution in [0.3, 0.4) is 0 Å². The zero-order valence-electron chi connectivity index (χ0n) is 13.1. The first-order chi connectivity index (χ1) is 11.0. The van der Waals surface area contributed by atoms with E-state index in [1.165, 1.54) is 6.07 Å². The van der Waals surface area contributed by atoms with E-state index < -0.39 is 11.4 Å². The number of hydrogen-bond donors (Lipinski definition) is 2. The van der Waals surface area contributed by atoms with E-state index in [-0.39, 0.29) is 16.9 Å². The van der Waals surface area contributed by atoms with Crippen molar-refractivity contribution in [3.8, 4) is 0 Å². The van der Waals surface area contributed by atoms with Crippen LogP contribution < -0.4 is 5.32 Å². The molecule has 1 fully saturated rings. The molecule has 0 spiro atoms. The van der Waals surface area contributed by atoms with Gasteiger partial charge in [-0.3, -0.25) is 0 Å². The molecule has 122 valence electrons. The summed E-state index contributed by atoms with van der Waals surface area (Å²) in [5.41, 5.74) is 1.12. The summed E-state index contributed by atoms with van der Waals surface area (Å²) in [6, 6.07) is 14.9. The zero-order chi connectivity index (χ0) is 16.4. The maximum absolute atomic E-state index is 13.8. The monoisotopic (exact) mass is 333 g/mol. The summed E-state index contributed by atoms with van der Waals surface area (Å²) < 4.78 is 13.8. The first kappa shape index (κ1) is 16.4. The van der Waals surface area contributed by atoms with Crippen LogP contribution in [0.1, 0.15) is 24.0 Å². The van der Waals surface area contributed by atoms with Crippen molar-refractivity contribution in [2.45, 2.75) is 24.9 Å². The molecular formula is C19H21ClFNO. The Bertz CT molecular complexity index is 674. The van der Waals surface area contributed by atoms with Crippen molar-refractivity contribution in [1.29, 1.82) is 0 Å². The molecule has 2 aromatic carbocycles. The van der Waals surface area contributed by atoms with Gasteiger partial charge < -0.3 is 10.4 Å². The maximum atomic E-state index is 13.8. The van der Waals surface area contributed by atoms with Crippen molar-refractivity contribution in [2.75, 3.05) is 13.1 Å². The predicted molar refractivity (Wildman–Crippen MR) is 91.3 cm³/mol. The molecule has 4 heteroatoms. The molecule has 0 bridgehead atoms. The summed E-state index contributed by atoms with van der Waals surface area (Å²) in [6.45, 7) is 3.32. The van der Waals surface area contributed by atoms with Crippen molar-refractivity contribution in [3.63, 3.8) is 0 Å². The van der Waals surface area contributed by atoms with Crippen LogP contribution in [-0.4, -0.2) is 23.8 Å². The molecule has 0 amide bonds. The fraction of sp³-hybridized carbons (Fsp3) is 0.368. The molecule has 0 aliphatic carbocycles. The molecule has 3 rings (SSSR count). The van der Waals surface area contributed by atoms with Gasteiger partial charge in [0.05, 0.1) is 10.6 Å². The first-order valence-corrected chi connectivity index (χ1v) is 8.27. The summed E-state index contributed by atoms with van der Waals surface area (Å²) in [6.07, 6.45) is 0.576. The van der Waals surface area contributed by atoms with Gasteiger partial charge in [-0.05, 0) is 30.2 Å². The number of nitrogens with one attached hydrogen (secondary N) is 1. The number of benzene rings is 2. The standard InChI is InChI=1S/C19H21ClFNO/c1-19(23,10-13-5-3-2-4-6-13)16-12-22-11-15(16)14-7-8-17(20)18(21)9-14/h2-9,15-16,22-23H,10-12H2,1H3. The SMILES string of the molecule is CC(O)(Cc1ccccc1)C1CNCC1c1ccc(Cl)c(F)c1. The summed E-state index contributed by atoms with van der Waals surface area (Å²) in [7, 11) is 0. The number of rotatable bonds is 4. The Morgan fingerprint density at radius 2 is 1.96 bits per heavy atom. The molecule has 2 aromatic rings. The second kappa shape index (κ2) is 6.60. The molecule has 1 aliphatic heterocycles. The van der Waals surface area contributed by atoms with E-state index in [0.717, 1.165) is 24.2 Å². The highest BCUT2D eigenvalue weighted by Crippen LogP contribution is 2.38. The van der Waals surface area contributed by atoms with Crippen molar-refractivity contribution in [1.82, 2.24) is 5.32 Å². The normalized spacial score (nSPS) is 23.7. The quantitative estimate of drug-likeness (QED) is 0.892. The largest absolute Gasteiger partial charge is 0.389 e. The van der Waals surface area contributed by atoms with Gasteiger partial charge in [-0.25, -0.2) is 4.39 Å². The highest BCUT2D eigenvalue weighted by atomic mass is 35.5. The van der Waals surface area contributed by atoms with E-state index in [0.29, 0.717) is 6.42 Å². The van der Waals surface area contributed by atoms with Crippen LogP contribution in [0.15, 0.2) is 48.5 Å². The number of halogens is 2. The molecule has 3 atom stereocenters. The maximum Gasteiger partial charge on any atom is 0.142 e. The average molecular weight is 334 g/mol. The van der Waals surface area contributed by atoms with Gasteiger partial charge in [-0.15, -0.1) is 0 Å². The number of aliphatic hydroxyl groups is 1. The van der Waals surface area contributed by atoms with Gasteiger partial charge in [-0.1, -0.05) is 48.0 Å². The number of hydrogen-bond acceptors (Lipinski definition) is 2. The van der Waals surface area contributed by atoms with Gasteiger partial charge in [0.25, 0.3) is 0 Å². The molecule has 1 saturated heterocycles. The molecule has 23 heavy (non-hydrogen) atoms. The molecule has 2 N–H and O–H groups in total. The Morgan fingerprint density at radius 1 is 1.22 bits per heavy atom. The molecule has 2 nitrogen and oxygen atoms in total. The van der Waals surface area contributed by atoms with E-state index >= 15 is 0 Å². The van der Waals surface area contributed by atoms with Gasteiger partial charge in [0, 0.05) is 31.3 Å². The van der Waals surface area contributed by atoms with Gasteiger partial charge >= 0.3 is 0 Å². The van der Waals surface area contributed by atoms with Gasteiger partial charge in [0.1, 0.15) is 5.82 Å². The van der Waals surface area contributed by atoms with Crippen molar-refractivity contribution < 1.29 is 9.50 Å². The highest BCUT2D eigenvalue weighted by Gasteiger charge is 2.41. The predicted octanol–water partition coefficient (Wildman–Crippen LogP) is 3.78. The fourth-order valence-electron chi connectivity index (χ4n) is 3.57. The Morgan fingerprint density at radius 3 is 2.65 bits per heavy atom. The zero-order valence-corrected chi connectivity index (χ0v) is 13.9. The Hall–Kier alpha value is -1.42. The Balaban J connectivity index is 1.83. The summed E-state index contributed by atoms with van der Waals surface area (Å²) in [5.74, 6) is -0.318. The van der Waals surface area contributed by atoms with E-state index in [1.807, 2.05) is 43.3 Å². The van der Waals surface area contributed by atoms with Crippen molar-refractivity contribution in [2.24, 2.45) is 5.92 Å². The lowest BCUT2D eigenvalue weighted by atomic mass is 9.75. The third kappa shape index (κ3) is 3.57. The summed E-state index contributed by atoms with van der Waals surface area (Å²) in [5, 5.41) is 14.5. The minimum atomic E-state index is -0.869. The smallest absolute Gasteiger partial charge is 0.142 e. The Kier molecular flexibility index (Phi) is 4.72. The molecule has 3 unspecified atom stereocenters. The fourth-order valence-corrected chi connectivity index (χ4v) is 3.68. The molecule has 0 saturated carbocycles. The van der Waals surface area contributed by atoms with Crippen molar-refractivity contribution >= 4 is 11.6 Å². The third-order valence-corrected chi connectivity index (χ3v) is 5.10. The Labute approximate surface area is 141 Å². The summed E-state index contributed by atoms with van der Waals surface area (Å²) in [4.78, 5) is 0. The second-order valence-electron chi connectivity index (χ2n) is 6.56. The van der Waals surface area contributed by atoms with Crippen LogP contribution in [0.25, 0.3) is 0 Å². The second-order valence-corrected chi connectivity index (χ2v) is 6.97. The summed E-state index contributed by atoms with van der Waals surface area (Å²) >= 11 is 5.78. The van der Waals surface area contributed by atoms with E-state index in [9.17, 15) is 9.50 Å². The molecule has 0 aromatic heterocycles. The van der Waals surface area contributed by atoms with E-state index in [1.54, 1.807) is 6.07 Å². The lowest BCUT2D eigenvalue weighted by molar-refractivity contribution is 0.000659. The lowest BCUT2D eigenvalue weighted by Gasteiger charge is -2.34. The minimum Gasteiger partial charge on any atom is -0.389 e. The lowest BCUT2D eigenvalue weighted by Crippen LogP contribution is -2.40. The van der Waals surface area contributed by atoms with Crippen LogP contribution in [0.4, 0.5) is 4.39 Å². The van der Waals surface area contributed by atoms with Crippen molar-refractivity contribution in [3.05, 3.63) is 70.5 Å². The minimum absolute atomic E-state index is 0.0169. The molecule has 0 radical (unpaired) electrons. The van der Waals surface area contributed by atoms with Crippen LogP contribution >= 0.6 is 11.6 Å². The highest BCUT2D eigenvalue weighted by molar-refractivity contribution is 6.30. The van der Waals surface area contributed by atoms with Crippen LogP contribution in [0.2, 0.25) is 5.02 Å². The van der Waals surface area contributed by atoms with E-state index in [4.69, 9.17) is 11.6 Å². The van der Waals surface area contributed by atoms with Crippen LogP contribution in [0.5, 0.6) is 0 Å². The van der Waals surface area contributed by atoms with Gasteiger partial charge in [-0.2, -0.15) is 0 Å². The molecular weight excluding hydrogens is 313 g/mol.